The highest BCUT2D eigenvalue weighted by atomic mass is 32.1. The molecule has 1 aliphatic heterocycles. The Kier molecular flexibility index (Phi) is 2.13. The number of hydrogen-bond donors (Lipinski definition) is 0. The van der Waals surface area contributed by atoms with E-state index >= 15 is 0 Å². The monoisotopic (exact) mass is 180 g/mol. The van der Waals surface area contributed by atoms with Crippen molar-refractivity contribution in [1.82, 2.24) is 4.68 Å². The lowest BCUT2D eigenvalue weighted by Gasteiger charge is -2.20. The van der Waals surface area contributed by atoms with Crippen LogP contribution in [0, 0.1) is 4.51 Å². The van der Waals surface area contributed by atoms with Crippen molar-refractivity contribution in [3.8, 4) is 0 Å². The van der Waals surface area contributed by atoms with E-state index < -0.39 is 0 Å². The Morgan fingerprint density at radius 2 is 1.67 bits per heavy atom. The quantitative estimate of drug-likeness (QED) is 0.610. The molecular weight excluding hydrogens is 168 g/mol. The van der Waals surface area contributed by atoms with Crippen molar-refractivity contribution >= 4 is 12.2 Å². The van der Waals surface area contributed by atoms with E-state index in [-0.39, 0.29) is 0 Å². The average molecular weight is 180 g/mol. The summed E-state index contributed by atoms with van der Waals surface area (Å²) in [6.45, 7) is 2.34. The molecule has 0 atom stereocenters. The molecule has 1 aromatic heterocycles. The van der Waals surface area contributed by atoms with E-state index in [1.165, 1.54) is 25.9 Å². The first-order chi connectivity index (χ1) is 5.86. The van der Waals surface area contributed by atoms with Crippen molar-refractivity contribution in [3.63, 3.8) is 0 Å². The first-order valence-corrected chi connectivity index (χ1v) is 4.71. The Morgan fingerprint density at radius 3 is 2.25 bits per heavy atom. The SMILES string of the molecule is S=c1ccn(N2CCCC2)cc1. The highest BCUT2D eigenvalue weighted by Crippen LogP contribution is 2.06. The molecule has 1 saturated heterocycles. The highest BCUT2D eigenvalue weighted by molar-refractivity contribution is 7.71. The van der Waals surface area contributed by atoms with Crippen LogP contribution in [-0.4, -0.2) is 17.8 Å². The van der Waals surface area contributed by atoms with Crippen LogP contribution in [-0.2, 0) is 0 Å². The van der Waals surface area contributed by atoms with Gasteiger partial charge in [0.1, 0.15) is 0 Å². The molecule has 2 heterocycles. The fraction of sp³-hybridized carbons (Fsp3) is 0.444. The van der Waals surface area contributed by atoms with Crippen molar-refractivity contribution < 1.29 is 0 Å². The van der Waals surface area contributed by atoms with Crippen LogP contribution < -0.4 is 5.01 Å². The average Bonchev–Trinajstić information content (AvgIpc) is 2.58. The Balaban J connectivity index is 2.22. The van der Waals surface area contributed by atoms with E-state index in [4.69, 9.17) is 12.2 Å². The van der Waals surface area contributed by atoms with Gasteiger partial charge in [-0.05, 0) is 25.0 Å². The van der Waals surface area contributed by atoms with Gasteiger partial charge >= 0.3 is 0 Å². The van der Waals surface area contributed by atoms with Gasteiger partial charge in [0.25, 0.3) is 0 Å². The molecule has 0 amide bonds. The number of rotatable bonds is 1. The van der Waals surface area contributed by atoms with Gasteiger partial charge in [0.05, 0.1) is 0 Å². The molecule has 2 nitrogen and oxygen atoms in total. The second-order valence-electron chi connectivity index (χ2n) is 3.07. The molecule has 0 bridgehead atoms. The molecule has 0 N–H and O–H groups in total. The first-order valence-electron chi connectivity index (χ1n) is 4.30. The van der Waals surface area contributed by atoms with Crippen LogP contribution in [0.25, 0.3) is 0 Å². The van der Waals surface area contributed by atoms with Gasteiger partial charge < -0.3 is 5.01 Å². The van der Waals surface area contributed by atoms with Gasteiger partial charge in [-0.25, -0.2) is 0 Å². The molecule has 1 aliphatic rings. The summed E-state index contributed by atoms with van der Waals surface area (Å²) in [5, 5.41) is 2.33. The van der Waals surface area contributed by atoms with E-state index in [1.54, 1.807) is 0 Å². The molecular formula is C9H12N2S. The maximum Gasteiger partial charge on any atom is 0.0407 e. The Bertz CT molecular complexity index is 292. The molecule has 0 radical (unpaired) electrons. The van der Waals surface area contributed by atoms with E-state index in [9.17, 15) is 0 Å². The molecule has 2 rings (SSSR count). The second-order valence-corrected chi connectivity index (χ2v) is 3.55. The van der Waals surface area contributed by atoms with Crippen LogP contribution in [0.1, 0.15) is 12.8 Å². The summed E-state index contributed by atoms with van der Waals surface area (Å²) in [4.78, 5) is 0. The lowest BCUT2D eigenvalue weighted by Crippen LogP contribution is -2.30. The summed E-state index contributed by atoms with van der Waals surface area (Å²) in [5.74, 6) is 0. The zero-order valence-corrected chi connectivity index (χ0v) is 7.76. The topological polar surface area (TPSA) is 8.17 Å². The standard InChI is InChI=1S/C9H12N2S/c12-9-3-7-11(8-4-9)10-5-1-2-6-10/h3-4,7-8H,1-2,5-6H2. The van der Waals surface area contributed by atoms with Gasteiger partial charge in [0, 0.05) is 30.0 Å². The predicted octanol–water partition coefficient (Wildman–Crippen LogP) is 1.95. The molecule has 0 saturated carbocycles. The summed E-state index contributed by atoms with van der Waals surface area (Å²) in [5.41, 5.74) is 0. The number of nitrogens with zero attached hydrogens (tertiary/aromatic N) is 2. The van der Waals surface area contributed by atoms with Crippen molar-refractivity contribution in [2.75, 3.05) is 18.1 Å². The van der Waals surface area contributed by atoms with E-state index in [0.717, 1.165) is 4.51 Å². The molecule has 1 fully saturated rings. The van der Waals surface area contributed by atoms with Gasteiger partial charge in [-0.2, -0.15) is 0 Å². The number of hydrogen-bond acceptors (Lipinski definition) is 2. The molecule has 0 aromatic carbocycles. The van der Waals surface area contributed by atoms with Crippen LogP contribution in [0.5, 0.6) is 0 Å². The summed E-state index contributed by atoms with van der Waals surface area (Å²) in [6, 6.07) is 3.93. The van der Waals surface area contributed by atoms with E-state index in [0.29, 0.717) is 0 Å². The third-order valence-corrected chi connectivity index (χ3v) is 2.46. The van der Waals surface area contributed by atoms with Gasteiger partial charge in [0.15, 0.2) is 0 Å². The summed E-state index contributed by atoms with van der Waals surface area (Å²) < 4.78 is 3.04. The zero-order chi connectivity index (χ0) is 8.39. The van der Waals surface area contributed by atoms with Gasteiger partial charge in [0.2, 0.25) is 0 Å². The van der Waals surface area contributed by atoms with E-state index in [1.807, 2.05) is 24.5 Å². The lowest BCUT2D eigenvalue weighted by atomic mass is 10.4. The maximum absolute atomic E-state index is 5.01. The molecule has 0 aliphatic carbocycles. The minimum atomic E-state index is 0.908. The van der Waals surface area contributed by atoms with Gasteiger partial charge in [-0.1, -0.05) is 12.2 Å². The predicted molar refractivity (Wildman–Crippen MR) is 52.5 cm³/mol. The molecule has 3 heteroatoms. The summed E-state index contributed by atoms with van der Waals surface area (Å²) >= 11 is 5.01. The van der Waals surface area contributed by atoms with Crippen molar-refractivity contribution in [2.45, 2.75) is 12.8 Å². The number of aromatic nitrogens is 1. The smallest absolute Gasteiger partial charge is 0.0407 e. The summed E-state index contributed by atoms with van der Waals surface area (Å²) in [6.07, 6.45) is 6.69. The fourth-order valence-electron chi connectivity index (χ4n) is 1.52. The zero-order valence-electron chi connectivity index (χ0n) is 6.94. The van der Waals surface area contributed by atoms with Gasteiger partial charge in [-0.15, -0.1) is 0 Å². The molecule has 64 valence electrons. The van der Waals surface area contributed by atoms with Crippen LogP contribution in [0.2, 0.25) is 0 Å². The molecule has 12 heavy (non-hydrogen) atoms. The van der Waals surface area contributed by atoms with E-state index in [2.05, 4.69) is 9.69 Å². The number of pyridine rings is 1. The third kappa shape index (κ3) is 1.50. The summed E-state index contributed by atoms with van der Waals surface area (Å²) in [7, 11) is 0. The Morgan fingerprint density at radius 1 is 1.08 bits per heavy atom. The first kappa shape index (κ1) is 7.80. The maximum atomic E-state index is 5.01. The van der Waals surface area contributed by atoms with Crippen molar-refractivity contribution in [2.24, 2.45) is 0 Å². The van der Waals surface area contributed by atoms with Crippen LogP contribution >= 0.6 is 12.2 Å². The van der Waals surface area contributed by atoms with Crippen LogP contribution in [0.15, 0.2) is 24.5 Å². The molecule has 1 aromatic rings. The molecule has 0 spiro atoms. The third-order valence-electron chi connectivity index (χ3n) is 2.19. The van der Waals surface area contributed by atoms with Gasteiger partial charge in [-0.3, -0.25) is 4.68 Å². The minimum absolute atomic E-state index is 0.908. The fourth-order valence-corrected chi connectivity index (χ4v) is 1.65. The lowest BCUT2D eigenvalue weighted by molar-refractivity contribution is 0.659. The van der Waals surface area contributed by atoms with Crippen molar-refractivity contribution in [3.05, 3.63) is 29.0 Å². The van der Waals surface area contributed by atoms with Crippen LogP contribution in [0.4, 0.5) is 0 Å². The normalized spacial score (nSPS) is 16.8. The Labute approximate surface area is 77.4 Å². The van der Waals surface area contributed by atoms with Crippen LogP contribution in [0.3, 0.4) is 0 Å². The minimum Gasteiger partial charge on any atom is -0.313 e. The Hall–Kier alpha value is -0.830. The second kappa shape index (κ2) is 3.27. The molecule has 0 unspecified atom stereocenters. The van der Waals surface area contributed by atoms with Crippen molar-refractivity contribution in [1.29, 1.82) is 0 Å². The largest absolute Gasteiger partial charge is 0.313 e. The highest BCUT2D eigenvalue weighted by Gasteiger charge is 2.09.